The predicted octanol–water partition coefficient (Wildman–Crippen LogP) is 4.50. The second-order valence-corrected chi connectivity index (χ2v) is 8.86. The molecule has 0 saturated carbocycles. The van der Waals surface area contributed by atoms with Crippen LogP contribution in [0.1, 0.15) is 43.5 Å². The van der Waals surface area contributed by atoms with Gasteiger partial charge in [-0.05, 0) is 81.4 Å². The average molecular weight is 479 g/mol. The summed E-state index contributed by atoms with van der Waals surface area (Å²) in [4.78, 5) is 19.2. The minimum absolute atomic E-state index is 0.0508. The lowest BCUT2D eigenvalue weighted by atomic mass is 9.90. The van der Waals surface area contributed by atoms with E-state index < -0.39 is 0 Å². The third-order valence-corrected chi connectivity index (χ3v) is 6.35. The molecule has 0 radical (unpaired) electrons. The molecule has 0 unspecified atom stereocenters. The third kappa shape index (κ3) is 7.29. The molecule has 0 aliphatic carbocycles. The lowest BCUT2D eigenvalue weighted by molar-refractivity contribution is -0.115. The van der Waals surface area contributed by atoms with E-state index >= 15 is 0 Å². The summed E-state index contributed by atoms with van der Waals surface area (Å²) < 4.78 is 16.2. The number of rotatable bonds is 11. The van der Waals surface area contributed by atoms with Crippen molar-refractivity contribution in [2.24, 2.45) is 5.92 Å². The zero-order valence-electron chi connectivity index (χ0n) is 20.5. The van der Waals surface area contributed by atoms with Gasteiger partial charge >= 0.3 is 0 Å². The number of hydrogen-bond acceptors (Lipinski definition) is 7. The van der Waals surface area contributed by atoms with Crippen LogP contribution in [0.5, 0.6) is 11.5 Å². The van der Waals surface area contributed by atoms with Crippen LogP contribution in [0.15, 0.2) is 53.1 Å². The van der Waals surface area contributed by atoms with Gasteiger partial charge in [-0.2, -0.15) is 4.98 Å². The first-order chi connectivity index (χ1) is 17.1. The Morgan fingerprint density at radius 1 is 1.14 bits per heavy atom. The Kier molecular flexibility index (Phi) is 8.73. The predicted molar refractivity (Wildman–Crippen MR) is 134 cm³/mol. The number of aryl methyl sites for hydroxylation is 1. The highest BCUT2D eigenvalue weighted by Crippen LogP contribution is 2.25. The van der Waals surface area contributed by atoms with Crippen LogP contribution >= 0.6 is 0 Å². The molecule has 2 aromatic carbocycles. The van der Waals surface area contributed by atoms with E-state index in [1.807, 2.05) is 19.1 Å². The van der Waals surface area contributed by atoms with Crippen molar-refractivity contribution in [3.63, 3.8) is 0 Å². The fourth-order valence-electron chi connectivity index (χ4n) is 4.43. The number of piperidine rings is 1. The van der Waals surface area contributed by atoms with E-state index in [1.54, 1.807) is 19.2 Å². The zero-order valence-corrected chi connectivity index (χ0v) is 20.5. The fraction of sp³-hybridized carbons (Fsp3) is 0.444. The molecule has 35 heavy (non-hydrogen) atoms. The van der Waals surface area contributed by atoms with Gasteiger partial charge in [-0.25, -0.2) is 0 Å². The normalized spacial score (nSPS) is 14.6. The van der Waals surface area contributed by atoms with Crippen LogP contribution in [0.4, 0.5) is 5.69 Å². The number of carbonyl (C=O) groups excluding carboxylic acids is 1. The molecule has 186 valence electrons. The van der Waals surface area contributed by atoms with E-state index in [4.69, 9.17) is 14.0 Å². The first-order valence-electron chi connectivity index (χ1n) is 12.3. The summed E-state index contributed by atoms with van der Waals surface area (Å²) in [6.45, 7) is 5.34. The van der Waals surface area contributed by atoms with Crippen LogP contribution in [0.3, 0.4) is 0 Å². The molecule has 0 spiro atoms. The molecule has 2 heterocycles. The maximum atomic E-state index is 12.4. The van der Waals surface area contributed by atoms with Crippen molar-refractivity contribution < 1.29 is 18.8 Å². The third-order valence-electron chi connectivity index (χ3n) is 6.35. The number of methoxy groups -OCH3 is 1. The number of benzene rings is 2. The molecule has 0 bridgehead atoms. The Balaban J connectivity index is 1.18. The second kappa shape index (κ2) is 12.4. The number of amides is 1. The van der Waals surface area contributed by atoms with E-state index in [-0.39, 0.29) is 12.3 Å². The van der Waals surface area contributed by atoms with Crippen molar-refractivity contribution in [1.82, 2.24) is 15.0 Å². The number of carbonyl (C=O) groups is 1. The number of para-hydroxylation sites is 2. The van der Waals surface area contributed by atoms with Crippen LogP contribution < -0.4 is 14.8 Å². The quantitative estimate of drug-likeness (QED) is 0.434. The number of aromatic nitrogens is 2. The van der Waals surface area contributed by atoms with Gasteiger partial charge in [-0.15, -0.1) is 0 Å². The number of hydrogen-bond donors (Lipinski definition) is 1. The van der Waals surface area contributed by atoms with Gasteiger partial charge in [-0.3, -0.25) is 9.69 Å². The summed E-state index contributed by atoms with van der Waals surface area (Å²) >= 11 is 0. The fourth-order valence-corrected chi connectivity index (χ4v) is 4.43. The molecule has 1 aromatic heterocycles. The Bertz CT molecular complexity index is 1070. The molecule has 1 saturated heterocycles. The van der Waals surface area contributed by atoms with Gasteiger partial charge in [0, 0.05) is 0 Å². The highest BCUT2D eigenvalue weighted by Gasteiger charge is 2.21. The number of likely N-dealkylation sites (tertiary alicyclic amines) is 1. The maximum Gasteiger partial charge on any atom is 0.240 e. The van der Waals surface area contributed by atoms with E-state index in [2.05, 4.69) is 44.6 Å². The van der Waals surface area contributed by atoms with E-state index in [1.165, 1.54) is 24.8 Å². The van der Waals surface area contributed by atoms with E-state index in [9.17, 15) is 4.79 Å². The van der Waals surface area contributed by atoms with Gasteiger partial charge in [0.25, 0.3) is 0 Å². The van der Waals surface area contributed by atoms with Crippen LogP contribution in [-0.4, -0.2) is 47.8 Å². The van der Waals surface area contributed by atoms with Gasteiger partial charge in [0.1, 0.15) is 11.5 Å². The van der Waals surface area contributed by atoms with Gasteiger partial charge in [0.05, 0.1) is 32.4 Å². The van der Waals surface area contributed by atoms with Crippen molar-refractivity contribution >= 4 is 11.6 Å². The topological polar surface area (TPSA) is 89.7 Å². The van der Waals surface area contributed by atoms with Crippen molar-refractivity contribution in [2.75, 3.05) is 32.1 Å². The first-order valence-corrected chi connectivity index (χ1v) is 12.3. The Hall–Kier alpha value is -3.39. The number of ether oxygens (including phenoxy) is 2. The van der Waals surface area contributed by atoms with Crippen LogP contribution in [-0.2, 0) is 24.2 Å². The van der Waals surface area contributed by atoms with Gasteiger partial charge in [0.2, 0.25) is 11.8 Å². The minimum Gasteiger partial charge on any atom is -0.495 e. The molecule has 1 amide bonds. The zero-order chi connectivity index (χ0) is 24.5. The molecule has 3 aromatic rings. The van der Waals surface area contributed by atoms with Crippen molar-refractivity contribution in [3.8, 4) is 11.5 Å². The molecular weight excluding hydrogens is 444 g/mol. The summed E-state index contributed by atoms with van der Waals surface area (Å²) in [6.07, 6.45) is 4.68. The minimum atomic E-state index is -0.213. The molecule has 8 heteroatoms. The highest BCUT2D eigenvalue weighted by atomic mass is 16.5. The molecule has 4 rings (SSSR count). The SMILES string of the molecule is CCOc1ccc(CCC2CCN(Cc3nc(CC(=O)Nc4ccccc4OC)no3)CC2)cc1. The second-order valence-electron chi connectivity index (χ2n) is 8.86. The molecule has 1 aliphatic rings. The van der Waals surface area contributed by atoms with Crippen molar-refractivity contribution in [1.29, 1.82) is 0 Å². The Labute approximate surface area is 206 Å². The van der Waals surface area contributed by atoms with Crippen molar-refractivity contribution in [3.05, 3.63) is 65.8 Å². The first kappa shape index (κ1) is 24.7. The smallest absolute Gasteiger partial charge is 0.240 e. The van der Waals surface area contributed by atoms with E-state index in [0.29, 0.717) is 36.3 Å². The largest absolute Gasteiger partial charge is 0.495 e. The maximum absolute atomic E-state index is 12.4. The number of nitrogens with one attached hydrogen (secondary N) is 1. The Morgan fingerprint density at radius 2 is 1.91 bits per heavy atom. The van der Waals surface area contributed by atoms with E-state index in [0.717, 1.165) is 31.2 Å². The lowest BCUT2D eigenvalue weighted by Gasteiger charge is -2.30. The summed E-state index contributed by atoms with van der Waals surface area (Å²) in [6, 6.07) is 15.7. The van der Waals surface area contributed by atoms with Gasteiger partial charge in [0.15, 0.2) is 5.82 Å². The molecule has 1 N–H and O–H groups in total. The summed E-state index contributed by atoms with van der Waals surface area (Å²) in [5.74, 6) is 3.00. The Morgan fingerprint density at radius 3 is 2.66 bits per heavy atom. The van der Waals surface area contributed by atoms with Gasteiger partial charge in [-0.1, -0.05) is 29.4 Å². The standard InChI is InChI=1S/C27H34N4O4/c1-3-34-22-12-10-20(11-13-22)8-9-21-14-16-31(17-15-21)19-27-29-25(30-35-27)18-26(32)28-23-6-4-5-7-24(23)33-2/h4-7,10-13,21H,3,8-9,14-19H2,1-2H3,(H,28,32). The van der Waals surface area contributed by atoms with Gasteiger partial charge < -0.3 is 19.3 Å². The summed E-state index contributed by atoms with van der Waals surface area (Å²) in [5.41, 5.74) is 1.98. The molecular formula is C27H34N4O4. The number of nitrogens with zero attached hydrogens (tertiary/aromatic N) is 3. The average Bonchev–Trinajstić information content (AvgIpc) is 3.31. The summed E-state index contributed by atoms with van der Waals surface area (Å²) in [7, 11) is 1.57. The summed E-state index contributed by atoms with van der Waals surface area (Å²) in [5, 5.41) is 6.82. The molecule has 0 atom stereocenters. The van der Waals surface area contributed by atoms with Crippen LogP contribution in [0, 0.1) is 5.92 Å². The molecule has 1 fully saturated rings. The van der Waals surface area contributed by atoms with Crippen molar-refractivity contribution in [2.45, 2.75) is 45.6 Å². The molecule has 8 nitrogen and oxygen atoms in total. The lowest BCUT2D eigenvalue weighted by Crippen LogP contribution is -2.33. The highest BCUT2D eigenvalue weighted by molar-refractivity contribution is 5.93. The van der Waals surface area contributed by atoms with Crippen LogP contribution in [0.25, 0.3) is 0 Å². The monoisotopic (exact) mass is 478 g/mol. The van der Waals surface area contributed by atoms with Crippen LogP contribution in [0.2, 0.25) is 0 Å². The number of anilines is 1. The molecule has 1 aliphatic heterocycles.